The lowest BCUT2D eigenvalue weighted by Crippen LogP contribution is -2.03. The Bertz CT molecular complexity index is 553. The lowest BCUT2D eigenvalue weighted by molar-refractivity contribution is 0.325. The van der Waals surface area contributed by atoms with Gasteiger partial charge in [0, 0.05) is 6.04 Å². The molecule has 0 saturated carbocycles. The van der Waals surface area contributed by atoms with E-state index in [1.807, 2.05) is 20.8 Å². The van der Waals surface area contributed by atoms with E-state index >= 15 is 0 Å². The molecule has 102 valence electrons. The van der Waals surface area contributed by atoms with E-state index in [9.17, 15) is 0 Å². The van der Waals surface area contributed by atoms with Crippen LogP contribution < -0.4 is 15.2 Å². The van der Waals surface area contributed by atoms with Gasteiger partial charge in [-0.15, -0.1) is 0 Å². The standard InChI is InChI=1S/C12H17N5O2/c1-4-18-11-10(13)12(15-7-14-11)19-9-5-16-17(6-9)8(2)3/h5-8H,4,13H2,1-3H3. The normalized spacial score (nSPS) is 10.7. The molecule has 2 rings (SSSR count). The van der Waals surface area contributed by atoms with Gasteiger partial charge in [0.1, 0.15) is 6.33 Å². The summed E-state index contributed by atoms with van der Waals surface area (Å²) in [5.74, 6) is 1.16. The molecule has 2 aromatic rings. The Hall–Kier alpha value is -2.31. The van der Waals surface area contributed by atoms with Gasteiger partial charge in [0.25, 0.3) is 0 Å². The van der Waals surface area contributed by atoms with Crippen molar-refractivity contribution >= 4 is 5.69 Å². The first kappa shape index (κ1) is 13.1. The number of ether oxygens (including phenoxy) is 2. The third-order valence-corrected chi connectivity index (χ3v) is 2.41. The highest BCUT2D eigenvalue weighted by atomic mass is 16.5. The molecule has 0 spiro atoms. The van der Waals surface area contributed by atoms with Crippen LogP contribution in [-0.2, 0) is 0 Å². The molecule has 2 heterocycles. The second-order valence-electron chi connectivity index (χ2n) is 4.18. The SMILES string of the molecule is CCOc1ncnc(Oc2cnn(C(C)C)c2)c1N. The first-order valence-electron chi connectivity index (χ1n) is 6.07. The molecule has 0 aromatic carbocycles. The number of nitrogens with zero attached hydrogens (tertiary/aromatic N) is 4. The third kappa shape index (κ3) is 2.93. The lowest BCUT2D eigenvalue weighted by Gasteiger charge is -2.08. The van der Waals surface area contributed by atoms with Gasteiger partial charge < -0.3 is 15.2 Å². The van der Waals surface area contributed by atoms with Crippen LogP contribution in [0.5, 0.6) is 17.5 Å². The topological polar surface area (TPSA) is 88.1 Å². The highest BCUT2D eigenvalue weighted by molar-refractivity contribution is 5.56. The van der Waals surface area contributed by atoms with Gasteiger partial charge in [-0.05, 0) is 20.8 Å². The maximum atomic E-state index is 5.88. The van der Waals surface area contributed by atoms with Crippen molar-refractivity contribution in [1.29, 1.82) is 0 Å². The zero-order valence-electron chi connectivity index (χ0n) is 11.2. The van der Waals surface area contributed by atoms with E-state index < -0.39 is 0 Å². The fraction of sp³-hybridized carbons (Fsp3) is 0.417. The molecule has 2 aromatic heterocycles. The van der Waals surface area contributed by atoms with Crippen molar-refractivity contribution in [3.63, 3.8) is 0 Å². The Morgan fingerprint density at radius 1 is 1.32 bits per heavy atom. The smallest absolute Gasteiger partial charge is 0.250 e. The van der Waals surface area contributed by atoms with E-state index in [-0.39, 0.29) is 17.6 Å². The zero-order valence-corrected chi connectivity index (χ0v) is 11.2. The monoisotopic (exact) mass is 263 g/mol. The minimum absolute atomic E-state index is 0.263. The van der Waals surface area contributed by atoms with Gasteiger partial charge in [-0.1, -0.05) is 0 Å². The van der Waals surface area contributed by atoms with E-state index in [0.29, 0.717) is 18.2 Å². The van der Waals surface area contributed by atoms with Gasteiger partial charge in [-0.25, -0.2) is 0 Å². The summed E-state index contributed by atoms with van der Waals surface area (Å²) in [6, 6.07) is 0.263. The summed E-state index contributed by atoms with van der Waals surface area (Å²) < 4.78 is 12.7. The molecule has 0 atom stereocenters. The van der Waals surface area contributed by atoms with Gasteiger partial charge >= 0.3 is 0 Å². The molecule has 0 saturated heterocycles. The van der Waals surface area contributed by atoms with Crippen molar-refractivity contribution < 1.29 is 9.47 Å². The molecule has 7 heteroatoms. The molecule has 0 aliphatic rings. The summed E-state index contributed by atoms with van der Waals surface area (Å²) >= 11 is 0. The molecule has 0 aliphatic heterocycles. The van der Waals surface area contributed by atoms with E-state index in [0.717, 1.165) is 0 Å². The second-order valence-corrected chi connectivity index (χ2v) is 4.18. The maximum absolute atomic E-state index is 5.88. The number of aromatic nitrogens is 4. The third-order valence-electron chi connectivity index (χ3n) is 2.41. The minimum Gasteiger partial charge on any atom is -0.476 e. The van der Waals surface area contributed by atoms with Crippen LogP contribution in [0.1, 0.15) is 26.8 Å². The molecule has 0 fully saturated rings. The van der Waals surface area contributed by atoms with Crippen molar-refractivity contribution in [3.05, 3.63) is 18.7 Å². The van der Waals surface area contributed by atoms with E-state index in [2.05, 4.69) is 15.1 Å². The largest absolute Gasteiger partial charge is 0.476 e. The lowest BCUT2D eigenvalue weighted by atomic mass is 10.4. The summed E-state index contributed by atoms with van der Waals surface area (Å²) in [5.41, 5.74) is 6.16. The quantitative estimate of drug-likeness (QED) is 0.887. The fourth-order valence-corrected chi connectivity index (χ4v) is 1.46. The second kappa shape index (κ2) is 5.55. The highest BCUT2D eigenvalue weighted by Gasteiger charge is 2.12. The summed E-state index contributed by atoms with van der Waals surface area (Å²) in [5, 5.41) is 4.18. The van der Waals surface area contributed by atoms with Crippen molar-refractivity contribution in [2.45, 2.75) is 26.8 Å². The van der Waals surface area contributed by atoms with Gasteiger partial charge in [-0.2, -0.15) is 15.1 Å². The molecule has 0 unspecified atom stereocenters. The van der Waals surface area contributed by atoms with Gasteiger partial charge in [0.05, 0.1) is 19.0 Å². The van der Waals surface area contributed by atoms with Crippen LogP contribution in [0.4, 0.5) is 5.69 Å². The first-order chi connectivity index (χ1) is 9.11. The molecule has 2 N–H and O–H groups in total. The first-order valence-corrected chi connectivity index (χ1v) is 6.07. The van der Waals surface area contributed by atoms with Crippen LogP contribution in [0.15, 0.2) is 18.7 Å². The summed E-state index contributed by atoms with van der Waals surface area (Å²) in [6.45, 7) is 6.40. The zero-order chi connectivity index (χ0) is 13.8. The molecular weight excluding hydrogens is 246 g/mol. The van der Waals surface area contributed by atoms with Crippen LogP contribution >= 0.6 is 0 Å². The van der Waals surface area contributed by atoms with Gasteiger partial charge in [0.2, 0.25) is 11.8 Å². The van der Waals surface area contributed by atoms with Crippen LogP contribution in [0.2, 0.25) is 0 Å². The Balaban J connectivity index is 2.20. The van der Waals surface area contributed by atoms with Gasteiger partial charge in [0.15, 0.2) is 11.4 Å². The average Bonchev–Trinajstić information content (AvgIpc) is 2.83. The summed E-state index contributed by atoms with van der Waals surface area (Å²) in [6.07, 6.45) is 4.75. The van der Waals surface area contributed by atoms with Gasteiger partial charge in [-0.3, -0.25) is 4.68 Å². The predicted molar refractivity (Wildman–Crippen MR) is 70.3 cm³/mol. The number of nitrogens with two attached hydrogens (primary N) is 1. The van der Waals surface area contributed by atoms with Crippen molar-refractivity contribution in [2.24, 2.45) is 0 Å². The Kier molecular flexibility index (Phi) is 3.84. The number of anilines is 1. The fourth-order valence-electron chi connectivity index (χ4n) is 1.46. The Morgan fingerprint density at radius 3 is 2.68 bits per heavy atom. The number of hydrogen-bond donors (Lipinski definition) is 1. The molecule has 7 nitrogen and oxygen atoms in total. The van der Waals surface area contributed by atoms with E-state index in [1.165, 1.54) is 6.33 Å². The van der Waals surface area contributed by atoms with Crippen molar-refractivity contribution in [3.8, 4) is 17.5 Å². The minimum atomic E-state index is 0.263. The Morgan fingerprint density at radius 2 is 2.05 bits per heavy atom. The van der Waals surface area contributed by atoms with Crippen LogP contribution in [-0.4, -0.2) is 26.4 Å². The molecule has 19 heavy (non-hydrogen) atoms. The Labute approximate surface area is 111 Å². The van der Waals surface area contributed by atoms with E-state index in [4.69, 9.17) is 15.2 Å². The molecule has 0 bridgehead atoms. The predicted octanol–water partition coefficient (Wildman–Crippen LogP) is 2.03. The van der Waals surface area contributed by atoms with Crippen LogP contribution in [0.3, 0.4) is 0 Å². The summed E-state index contributed by atoms with van der Waals surface area (Å²) in [4.78, 5) is 7.94. The van der Waals surface area contributed by atoms with Crippen molar-refractivity contribution in [2.75, 3.05) is 12.3 Å². The number of nitrogen functional groups attached to an aromatic ring is 1. The van der Waals surface area contributed by atoms with Crippen molar-refractivity contribution in [1.82, 2.24) is 19.7 Å². The molecule has 0 aliphatic carbocycles. The number of rotatable bonds is 5. The average molecular weight is 263 g/mol. The van der Waals surface area contributed by atoms with Crippen LogP contribution in [0.25, 0.3) is 0 Å². The highest BCUT2D eigenvalue weighted by Crippen LogP contribution is 2.30. The molecule has 0 radical (unpaired) electrons. The van der Waals surface area contributed by atoms with Crippen LogP contribution in [0, 0.1) is 0 Å². The maximum Gasteiger partial charge on any atom is 0.250 e. The summed E-state index contributed by atoms with van der Waals surface area (Å²) in [7, 11) is 0. The molecular formula is C12H17N5O2. The number of hydrogen-bond acceptors (Lipinski definition) is 6. The van der Waals surface area contributed by atoms with E-state index in [1.54, 1.807) is 17.1 Å². The molecule has 0 amide bonds.